The molecule has 15 heavy (non-hydrogen) atoms. The molecule has 0 aromatic carbocycles. The number of hydrogen-bond acceptors (Lipinski definition) is 2. The maximum atomic E-state index is 11.6. The van der Waals surface area contributed by atoms with Crippen molar-refractivity contribution < 1.29 is 4.79 Å². The minimum atomic E-state index is 0.411. The molecule has 0 amide bonds. The summed E-state index contributed by atoms with van der Waals surface area (Å²) in [5, 5.41) is 0. The van der Waals surface area contributed by atoms with Gasteiger partial charge < -0.3 is 0 Å². The summed E-state index contributed by atoms with van der Waals surface area (Å²) in [4.78, 5) is 15.7. The van der Waals surface area contributed by atoms with E-state index in [2.05, 4.69) is 11.9 Å². The summed E-state index contributed by atoms with van der Waals surface area (Å²) in [6.07, 6.45) is 8.61. The van der Waals surface area contributed by atoms with Crippen LogP contribution >= 0.6 is 0 Å². The van der Waals surface area contributed by atoms with E-state index >= 15 is 0 Å². The van der Waals surface area contributed by atoms with E-state index in [-0.39, 0.29) is 0 Å². The fraction of sp³-hybridized carbons (Fsp3) is 0.538. The molecule has 2 rings (SSSR count). The standard InChI is InChI=1S/C13H17NO/c1-10-6-7-14-9-13(10)11-4-2-3-5-12(15)8-11/h6-7,9,11H,2-5,8H2,1H3. The van der Waals surface area contributed by atoms with Crippen LogP contribution in [-0.2, 0) is 4.79 Å². The lowest BCUT2D eigenvalue weighted by atomic mass is 9.90. The van der Waals surface area contributed by atoms with Gasteiger partial charge in [-0.2, -0.15) is 0 Å². The number of ketones is 1. The maximum absolute atomic E-state index is 11.6. The van der Waals surface area contributed by atoms with E-state index in [9.17, 15) is 4.79 Å². The Morgan fingerprint density at radius 1 is 1.40 bits per heavy atom. The van der Waals surface area contributed by atoms with Gasteiger partial charge in [0.1, 0.15) is 5.78 Å². The number of nitrogens with zero attached hydrogens (tertiary/aromatic N) is 1. The molecule has 1 saturated carbocycles. The fourth-order valence-corrected chi connectivity index (χ4v) is 2.36. The quantitative estimate of drug-likeness (QED) is 0.657. The Bertz CT molecular complexity index is 359. The second-order valence-corrected chi connectivity index (χ2v) is 4.42. The largest absolute Gasteiger partial charge is 0.300 e. The van der Waals surface area contributed by atoms with Crippen molar-refractivity contribution >= 4 is 5.78 Å². The number of aryl methyl sites for hydroxylation is 1. The Morgan fingerprint density at radius 2 is 2.27 bits per heavy atom. The molecule has 80 valence electrons. The number of hydrogen-bond donors (Lipinski definition) is 0. The third-order valence-electron chi connectivity index (χ3n) is 3.25. The highest BCUT2D eigenvalue weighted by Gasteiger charge is 2.20. The summed E-state index contributed by atoms with van der Waals surface area (Å²) in [5.74, 6) is 0.828. The molecule has 0 spiro atoms. The van der Waals surface area contributed by atoms with Gasteiger partial charge in [0.15, 0.2) is 0 Å². The highest BCUT2D eigenvalue weighted by Crippen LogP contribution is 2.31. The summed E-state index contributed by atoms with van der Waals surface area (Å²) in [5.41, 5.74) is 2.54. The van der Waals surface area contributed by atoms with Gasteiger partial charge in [-0.15, -0.1) is 0 Å². The zero-order valence-electron chi connectivity index (χ0n) is 9.20. The van der Waals surface area contributed by atoms with Crippen LogP contribution in [0.5, 0.6) is 0 Å². The number of carbonyl (C=O) groups is 1. The van der Waals surface area contributed by atoms with E-state index in [1.54, 1.807) is 0 Å². The van der Waals surface area contributed by atoms with Gasteiger partial charge in [-0.25, -0.2) is 0 Å². The first-order valence-corrected chi connectivity index (χ1v) is 5.69. The number of Topliss-reactive ketones (excluding diaryl/α,β-unsaturated/α-hetero) is 1. The minimum absolute atomic E-state index is 0.411. The molecule has 2 heteroatoms. The Kier molecular flexibility index (Phi) is 3.14. The van der Waals surface area contributed by atoms with Gasteiger partial charge in [0.25, 0.3) is 0 Å². The molecule has 1 aromatic heterocycles. The summed E-state index contributed by atoms with van der Waals surface area (Å²) >= 11 is 0. The van der Waals surface area contributed by atoms with Crippen molar-refractivity contribution in [1.82, 2.24) is 4.98 Å². The first kappa shape index (κ1) is 10.3. The fourth-order valence-electron chi connectivity index (χ4n) is 2.36. The molecular weight excluding hydrogens is 186 g/mol. The molecule has 0 saturated heterocycles. The predicted octanol–water partition coefficient (Wildman–Crippen LogP) is 3.01. The molecule has 1 aromatic rings. The molecule has 0 N–H and O–H groups in total. The maximum Gasteiger partial charge on any atom is 0.133 e. The summed E-state index contributed by atoms with van der Waals surface area (Å²) < 4.78 is 0. The van der Waals surface area contributed by atoms with Crippen LogP contribution in [-0.4, -0.2) is 10.8 Å². The van der Waals surface area contributed by atoms with Crippen LogP contribution in [0.4, 0.5) is 0 Å². The van der Waals surface area contributed by atoms with E-state index in [4.69, 9.17) is 0 Å². The molecule has 0 aliphatic heterocycles. The molecule has 0 radical (unpaired) electrons. The number of carbonyl (C=O) groups excluding carboxylic acids is 1. The number of pyridine rings is 1. The summed E-state index contributed by atoms with van der Waals surface area (Å²) in [6.45, 7) is 2.10. The van der Waals surface area contributed by atoms with Crippen LogP contribution in [0, 0.1) is 6.92 Å². The molecule has 1 aliphatic rings. The van der Waals surface area contributed by atoms with Gasteiger partial charge in [0.2, 0.25) is 0 Å². The van der Waals surface area contributed by atoms with Crippen molar-refractivity contribution in [2.75, 3.05) is 0 Å². The molecule has 1 aliphatic carbocycles. The average molecular weight is 203 g/mol. The molecule has 1 fully saturated rings. The van der Waals surface area contributed by atoms with E-state index in [0.717, 1.165) is 19.3 Å². The highest BCUT2D eigenvalue weighted by molar-refractivity contribution is 5.79. The van der Waals surface area contributed by atoms with Crippen molar-refractivity contribution in [2.45, 2.75) is 44.9 Å². The SMILES string of the molecule is Cc1ccncc1C1CCCCC(=O)C1. The molecule has 2 nitrogen and oxygen atoms in total. The third kappa shape index (κ3) is 2.44. The van der Waals surface area contributed by atoms with Crippen LogP contribution in [0.1, 0.15) is 49.1 Å². The zero-order chi connectivity index (χ0) is 10.7. The van der Waals surface area contributed by atoms with E-state index in [1.807, 2.05) is 18.5 Å². The normalized spacial score (nSPS) is 22.5. The van der Waals surface area contributed by atoms with E-state index in [1.165, 1.54) is 17.5 Å². The third-order valence-corrected chi connectivity index (χ3v) is 3.25. The van der Waals surface area contributed by atoms with Crippen molar-refractivity contribution in [1.29, 1.82) is 0 Å². The molecular formula is C13H17NO. The average Bonchev–Trinajstić information content (AvgIpc) is 2.43. The number of aromatic nitrogens is 1. The molecule has 1 heterocycles. The first-order chi connectivity index (χ1) is 7.27. The zero-order valence-corrected chi connectivity index (χ0v) is 9.20. The van der Waals surface area contributed by atoms with E-state index in [0.29, 0.717) is 18.1 Å². The summed E-state index contributed by atoms with van der Waals surface area (Å²) in [6, 6.07) is 2.03. The topological polar surface area (TPSA) is 30.0 Å². The lowest BCUT2D eigenvalue weighted by molar-refractivity contribution is -0.119. The lowest BCUT2D eigenvalue weighted by Crippen LogP contribution is -2.05. The van der Waals surface area contributed by atoms with Crippen LogP contribution in [0.25, 0.3) is 0 Å². The van der Waals surface area contributed by atoms with Gasteiger partial charge in [-0.05, 0) is 42.9 Å². The van der Waals surface area contributed by atoms with Gasteiger partial charge >= 0.3 is 0 Å². The lowest BCUT2D eigenvalue weighted by Gasteiger charge is -2.15. The smallest absolute Gasteiger partial charge is 0.133 e. The van der Waals surface area contributed by atoms with Gasteiger partial charge in [0.05, 0.1) is 0 Å². The van der Waals surface area contributed by atoms with Crippen molar-refractivity contribution in [3.05, 3.63) is 29.6 Å². The van der Waals surface area contributed by atoms with Gasteiger partial charge in [-0.1, -0.05) is 6.42 Å². The van der Waals surface area contributed by atoms with Crippen LogP contribution in [0.15, 0.2) is 18.5 Å². The van der Waals surface area contributed by atoms with Crippen LogP contribution < -0.4 is 0 Å². The Balaban J connectivity index is 2.22. The summed E-state index contributed by atoms with van der Waals surface area (Å²) in [7, 11) is 0. The Labute approximate surface area is 90.7 Å². The number of rotatable bonds is 1. The molecule has 0 bridgehead atoms. The van der Waals surface area contributed by atoms with E-state index < -0.39 is 0 Å². The minimum Gasteiger partial charge on any atom is -0.300 e. The second-order valence-electron chi connectivity index (χ2n) is 4.42. The Morgan fingerprint density at radius 3 is 3.07 bits per heavy atom. The van der Waals surface area contributed by atoms with Crippen molar-refractivity contribution in [3.63, 3.8) is 0 Å². The molecule has 1 unspecified atom stereocenters. The second kappa shape index (κ2) is 4.56. The first-order valence-electron chi connectivity index (χ1n) is 5.69. The van der Waals surface area contributed by atoms with Crippen molar-refractivity contribution in [2.24, 2.45) is 0 Å². The Hall–Kier alpha value is -1.18. The van der Waals surface area contributed by atoms with Gasteiger partial charge in [0, 0.05) is 25.2 Å². The predicted molar refractivity (Wildman–Crippen MR) is 59.8 cm³/mol. The van der Waals surface area contributed by atoms with Crippen LogP contribution in [0.3, 0.4) is 0 Å². The van der Waals surface area contributed by atoms with Crippen LogP contribution in [0.2, 0.25) is 0 Å². The van der Waals surface area contributed by atoms with Crippen molar-refractivity contribution in [3.8, 4) is 0 Å². The molecule has 1 atom stereocenters. The highest BCUT2D eigenvalue weighted by atomic mass is 16.1. The monoisotopic (exact) mass is 203 g/mol. The van der Waals surface area contributed by atoms with Gasteiger partial charge in [-0.3, -0.25) is 9.78 Å².